The predicted molar refractivity (Wildman–Crippen MR) is 166 cm³/mol. The Morgan fingerprint density at radius 3 is 0.800 bits per heavy atom. The van der Waals surface area contributed by atoms with Gasteiger partial charge in [-0.05, 0) is 12.8 Å². The molecule has 0 saturated carbocycles. The van der Waals surface area contributed by atoms with E-state index in [4.69, 9.17) is 0 Å². The minimum absolute atomic E-state index is 0. The number of halogens is 2. The SMILES string of the molecule is CCCCCCCCCCCCCC[n+]1ccccc1.CCCCCCCCCCCC[n+]1ccccc1.[Br-].[Cl-]. The molecule has 2 aromatic rings. The largest absolute Gasteiger partial charge is 1.00 e. The van der Waals surface area contributed by atoms with E-state index in [-0.39, 0.29) is 29.4 Å². The van der Waals surface area contributed by atoms with Crippen molar-refractivity contribution in [2.24, 2.45) is 0 Å². The highest BCUT2D eigenvalue weighted by Gasteiger charge is 1.99. The Hall–Kier alpha value is -0.930. The lowest BCUT2D eigenvalue weighted by molar-refractivity contribution is -0.697. The summed E-state index contributed by atoms with van der Waals surface area (Å²) in [6.07, 6.45) is 39.9. The Labute approximate surface area is 267 Å². The number of hydrogen-bond donors (Lipinski definition) is 0. The lowest BCUT2D eigenvalue weighted by Gasteiger charge is -2.02. The summed E-state index contributed by atoms with van der Waals surface area (Å²) < 4.78 is 4.57. The van der Waals surface area contributed by atoms with E-state index >= 15 is 0 Å². The van der Waals surface area contributed by atoms with Crippen molar-refractivity contribution in [3.05, 3.63) is 61.2 Å². The van der Waals surface area contributed by atoms with Gasteiger partial charge < -0.3 is 29.4 Å². The van der Waals surface area contributed by atoms with Crippen LogP contribution in [0.3, 0.4) is 0 Å². The molecule has 0 aliphatic heterocycles. The van der Waals surface area contributed by atoms with Crippen molar-refractivity contribution in [3.63, 3.8) is 0 Å². The molecule has 0 aliphatic carbocycles. The molecular weight excluding hydrogens is 576 g/mol. The molecule has 2 aromatic heterocycles. The molecule has 0 fully saturated rings. The van der Waals surface area contributed by atoms with Crippen molar-refractivity contribution < 1.29 is 38.5 Å². The first kappa shape index (κ1) is 41.2. The molecule has 0 atom stereocenters. The third kappa shape index (κ3) is 28.6. The molecular formula is C36H64BrClN2. The number of unbranched alkanes of at least 4 members (excludes halogenated alkanes) is 20. The van der Waals surface area contributed by atoms with Crippen LogP contribution < -0.4 is 38.5 Å². The van der Waals surface area contributed by atoms with Gasteiger partial charge in [0.25, 0.3) is 0 Å². The maximum absolute atomic E-state index is 2.29. The van der Waals surface area contributed by atoms with Crippen molar-refractivity contribution in [2.45, 2.75) is 168 Å². The first-order valence-corrected chi connectivity index (χ1v) is 16.7. The average molecular weight is 640 g/mol. The molecule has 0 amide bonds. The zero-order valence-corrected chi connectivity index (χ0v) is 28.7. The lowest BCUT2D eigenvalue weighted by atomic mass is 10.1. The summed E-state index contributed by atoms with van der Waals surface area (Å²) in [5.41, 5.74) is 0. The van der Waals surface area contributed by atoms with Crippen molar-refractivity contribution >= 4 is 0 Å². The number of hydrogen-bond acceptors (Lipinski definition) is 0. The van der Waals surface area contributed by atoms with Crippen LogP contribution in [0.5, 0.6) is 0 Å². The van der Waals surface area contributed by atoms with Crippen molar-refractivity contribution in [3.8, 4) is 0 Å². The van der Waals surface area contributed by atoms with E-state index in [0.717, 1.165) is 0 Å². The van der Waals surface area contributed by atoms with E-state index in [1.807, 2.05) is 0 Å². The van der Waals surface area contributed by atoms with Gasteiger partial charge in [-0.25, -0.2) is 9.13 Å². The molecule has 232 valence electrons. The fourth-order valence-corrected chi connectivity index (χ4v) is 5.08. The van der Waals surface area contributed by atoms with Crippen LogP contribution in [0.2, 0.25) is 0 Å². The molecule has 2 heterocycles. The Morgan fingerprint density at radius 1 is 0.325 bits per heavy atom. The van der Waals surface area contributed by atoms with E-state index < -0.39 is 0 Å². The van der Waals surface area contributed by atoms with Gasteiger partial charge in [-0.2, -0.15) is 0 Å². The van der Waals surface area contributed by atoms with Gasteiger partial charge >= 0.3 is 0 Å². The van der Waals surface area contributed by atoms with Gasteiger partial charge in [0.2, 0.25) is 0 Å². The molecule has 0 N–H and O–H groups in total. The number of rotatable bonds is 24. The molecule has 0 aliphatic rings. The van der Waals surface area contributed by atoms with E-state index in [2.05, 4.69) is 84.2 Å². The molecule has 0 saturated heterocycles. The second-order valence-corrected chi connectivity index (χ2v) is 11.3. The molecule has 0 bridgehead atoms. The van der Waals surface area contributed by atoms with Gasteiger partial charge in [0, 0.05) is 37.1 Å². The van der Waals surface area contributed by atoms with Crippen LogP contribution in [-0.4, -0.2) is 0 Å². The fourth-order valence-electron chi connectivity index (χ4n) is 5.08. The maximum atomic E-state index is 2.29. The van der Waals surface area contributed by atoms with E-state index in [1.54, 1.807) is 0 Å². The Morgan fingerprint density at radius 2 is 0.550 bits per heavy atom. The second-order valence-electron chi connectivity index (χ2n) is 11.3. The predicted octanol–water partition coefficient (Wildman–Crippen LogP) is 4.58. The summed E-state index contributed by atoms with van der Waals surface area (Å²) in [5.74, 6) is 0. The third-order valence-corrected chi connectivity index (χ3v) is 7.59. The highest BCUT2D eigenvalue weighted by atomic mass is 79.9. The minimum atomic E-state index is 0. The average Bonchev–Trinajstić information content (AvgIpc) is 2.96. The highest BCUT2D eigenvalue weighted by molar-refractivity contribution is 4.84. The summed E-state index contributed by atoms with van der Waals surface area (Å²) in [6, 6.07) is 12.6. The van der Waals surface area contributed by atoms with Gasteiger partial charge in [-0.15, -0.1) is 0 Å². The number of pyridine rings is 2. The number of aromatic nitrogens is 2. The third-order valence-electron chi connectivity index (χ3n) is 7.59. The van der Waals surface area contributed by atoms with E-state index in [1.165, 1.54) is 154 Å². The molecule has 2 nitrogen and oxygen atoms in total. The Kier molecular flexibility index (Phi) is 35.3. The first-order chi connectivity index (χ1) is 18.9. The van der Waals surface area contributed by atoms with Crippen LogP contribution in [0, 0.1) is 0 Å². The summed E-state index contributed by atoms with van der Waals surface area (Å²) in [5, 5.41) is 0. The first-order valence-electron chi connectivity index (χ1n) is 16.7. The van der Waals surface area contributed by atoms with Crippen molar-refractivity contribution in [1.29, 1.82) is 0 Å². The van der Waals surface area contributed by atoms with Crippen molar-refractivity contribution in [2.75, 3.05) is 0 Å². The molecule has 2 rings (SSSR count). The molecule has 0 unspecified atom stereocenters. The van der Waals surface area contributed by atoms with Crippen LogP contribution in [0.15, 0.2) is 61.2 Å². The second kappa shape index (κ2) is 34.3. The van der Waals surface area contributed by atoms with Crippen LogP contribution in [-0.2, 0) is 13.1 Å². The van der Waals surface area contributed by atoms with Gasteiger partial charge in [-0.3, -0.25) is 0 Å². The fraction of sp³-hybridized carbons (Fsp3) is 0.722. The minimum Gasteiger partial charge on any atom is -1.00 e. The standard InChI is InChI=1S/C19H34N.C17H30N.BrH.ClH/c1-2-3-4-5-6-7-8-9-10-11-12-14-17-20-18-15-13-16-19-20;1-2-3-4-5-6-7-8-9-10-12-15-18-16-13-11-14-17-18;;/h13,15-16,18-19H,2-12,14,17H2,1H3;11,13-14,16-17H,2-10,12,15H2,1H3;2*1H/q2*+1;;/p-2. The number of aryl methyl sites for hydroxylation is 2. The molecule has 40 heavy (non-hydrogen) atoms. The highest BCUT2D eigenvalue weighted by Crippen LogP contribution is 2.12. The smallest absolute Gasteiger partial charge is 0.168 e. The van der Waals surface area contributed by atoms with Gasteiger partial charge in [0.05, 0.1) is 0 Å². The van der Waals surface area contributed by atoms with E-state index in [0.29, 0.717) is 0 Å². The monoisotopic (exact) mass is 638 g/mol. The normalized spacial score (nSPS) is 10.2. The van der Waals surface area contributed by atoms with Crippen LogP contribution in [0.25, 0.3) is 0 Å². The van der Waals surface area contributed by atoms with Gasteiger partial charge in [-0.1, -0.05) is 142 Å². The van der Waals surface area contributed by atoms with E-state index in [9.17, 15) is 0 Å². The summed E-state index contributed by atoms with van der Waals surface area (Å²) in [4.78, 5) is 0. The maximum Gasteiger partial charge on any atom is 0.168 e. The summed E-state index contributed by atoms with van der Waals surface area (Å²) in [7, 11) is 0. The van der Waals surface area contributed by atoms with Crippen LogP contribution in [0.1, 0.15) is 155 Å². The Bertz CT molecular complexity index is 698. The van der Waals surface area contributed by atoms with Crippen LogP contribution in [0.4, 0.5) is 0 Å². The molecule has 0 radical (unpaired) electrons. The zero-order valence-electron chi connectivity index (χ0n) is 26.4. The molecule has 0 aromatic carbocycles. The lowest BCUT2D eigenvalue weighted by Crippen LogP contribution is -3.00. The van der Waals surface area contributed by atoms with Gasteiger partial charge in [0.15, 0.2) is 24.8 Å². The Balaban J connectivity index is 0. The quantitative estimate of drug-likeness (QED) is 0.117. The van der Waals surface area contributed by atoms with Crippen LogP contribution >= 0.6 is 0 Å². The van der Waals surface area contributed by atoms with Crippen molar-refractivity contribution in [1.82, 2.24) is 0 Å². The molecule has 4 heteroatoms. The summed E-state index contributed by atoms with van der Waals surface area (Å²) in [6.45, 7) is 6.93. The zero-order chi connectivity index (χ0) is 27.2. The number of nitrogens with zero attached hydrogens (tertiary/aromatic N) is 2. The molecule has 0 spiro atoms. The topological polar surface area (TPSA) is 7.76 Å². The van der Waals surface area contributed by atoms with Gasteiger partial charge in [0.1, 0.15) is 13.1 Å². The summed E-state index contributed by atoms with van der Waals surface area (Å²) >= 11 is 0.